The van der Waals surface area contributed by atoms with Gasteiger partial charge in [0.1, 0.15) is 0 Å². The summed E-state index contributed by atoms with van der Waals surface area (Å²) in [5.41, 5.74) is 14.9. The van der Waals surface area contributed by atoms with E-state index in [1.54, 1.807) is 0 Å². The molecule has 0 saturated heterocycles. The summed E-state index contributed by atoms with van der Waals surface area (Å²) < 4.78 is 2.39. The van der Waals surface area contributed by atoms with E-state index in [2.05, 4.69) is 198 Å². The quantitative estimate of drug-likeness (QED) is 0.162. The first-order valence-electron chi connectivity index (χ1n) is 20.4. The van der Waals surface area contributed by atoms with E-state index in [9.17, 15) is 0 Å². The molecule has 1 atom stereocenters. The van der Waals surface area contributed by atoms with Crippen molar-refractivity contribution >= 4 is 66.2 Å². The molecule has 0 bridgehead atoms. The third-order valence-electron chi connectivity index (χ3n) is 11.6. The number of anilines is 3. The molecule has 0 amide bonds. The number of fused-ring (bicyclic) bond motifs is 5. The van der Waals surface area contributed by atoms with Gasteiger partial charge >= 0.3 is 0 Å². The highest BCUT2D eigenvalue weighted by molar-refractivity contribution is 6.12. The van der Waals surface area contributed by atoms with Crippen LogP contribution in [0.2, 0.25) is 0 Å². The molecule has 0 spiro atoms. The summed E-state index contributed by atoms with van der Waals surface area (Å²) in [6.45, 7) is 2.26. The first-order chi connectivity index (χ1) is 29.1. The number of para-hydroxylation sites is 4. The van der Waals surface area contributed by atoms with Crippen molar-refractivity contribution in [1.29, 1.82) is 0 Å². The van der Waals surface area contributed by atoms with Gasteiger partial charge in [0.25, 0.3) is 0 Å². The second kappa shape index (κ2) is 14.4. The Kier molecular flexibility index (Phi) is 8.48. The zero-order valence-electron chi connectivity index (χ0n) is 32.7. The molecule has 4 nitrogen and oxygen atoms in total. The van der Waals surface area contributed by atoms with Crippen molar-refractivity contribution in [3.8, 4) is 28.1 Å². The van der Waals surface area contributed by atoms with Crippen molar-refractivity contribution in [2.75, 3.05) is 4.90 Å². The van der Waals surface area contributed by atoms with Gasteiger partial charge in [-0.15, -0.1) is 0 Å². The minimum atomic E-state index is 0.447. The monoisotopic (exact) mass is 756 g/mol. The first-order valence-corrected chi connectivity index (χ1v) is 20.4. The van der Waals surface area contributed by atoms with E-state index < -0.39 is 0 Å². The van der Waals surface area contributed by atoms with Crippen LogP contribution < -0.4 is 4.90 Å². The van der Waals surface area contributed by atoms with Crippen LogP contribution in [0.15, 0.2) is 206 Å². The fourth-order valence-corrected chi connectivity index (χ4v) is 8.75. The van der Waals surface area contributed by atoms with Crippen LogP contribution in [-0.4, -0.2) is 14.5 Å². The third kappa shape index (κ3) is 6.27. The van der Waals surface area contributed by atoms with E-state index in [1.807, 2.05) is 24.3 Å². The summed E-state index contributed by atoms with van der Waals surface area (Å²) in [5, 5.41) is 4.89. The molecule has 11 rings (SSSR count). The molecule has 0 radical (unpaired) electrons. The van der Waals surface area contributed by atoms with Gasteiger partial charge in [-0.3, -0.25) is 0 Å². The van der Waals surface area contributed by atoms with Gasteiger partial charge in [-0.1, -0.05) is 128 Å². The molecule has 10 aromatic rings. The van der Waals surface area contributed by atoms with Gasteiger partial charge in [-0.25, -0.2) is 9.97 Å². The Hall–Kier alpha value is -7.56. The summed E-state index contributed by atoms with van der Waals surface area (Å²) in [6.07, 6.45) is 7.81. The SMILES string of the molecule is CC1C=C(c2nc3ccccc3nc2-c2ccc(N(c3ccccc3)c3ccc4c(c3)c3cc(-c5ccc6ccccc6c5)ccc3n4-c3ccccc3)cc2)C=CC1. The molecule has 59 heavy (non-hydrogen) atoms. The number of rotatable bonds is 7. The molecule has 2 heterocycles. The molecule has 0 N–H and O–H groups in total. The van der Waals surface area contributed by atoms with Crippen molar-refractivity contribution in [2.45, 2.75) is 13.3 Å². The Balaban J connectivity index is 1.07. The second-order valence-corrected chi connectivity index (χ2v) is 15.5. The van der Waals surface area contributed by atoms with Gasteiger partial charge < -0.3 is 9.47 Å². The maximum Gasteiger partial charge on any atom is 0.0972 e. The van der Waals surface area contributed by atoms with Gasteiger partial charge in [-0.05, 0) is 125 Å². The zero-order valence-corrected chi connectivity index (χ0v) is 32.7. The van der Waals surface area contributed by atoms with E-state index >= 15 is 0 Å². The van der Waals surface area contributed by atoms with Crippen LogP contribution in [0.5, 0.6) is 0 Å². The van der Waals surface area contributed by atoms with Crippen molar-refractivity contribution < 1.29 is 0 Å². The van der Waals surface area contributed by atoms with E-state index in [1.165, 1.54) is 38.2 Å². The highest BCUT2D eigenvalue weighted by atomic mass is 15.1. The van der Waals surface area contributed by atoms with Crippen molar-refractivity contribution in [1.82, 2.24) is 14.5 Å². The molecule has 1 aliphatic carbocycles. The van der Waals surface area contributed by atoms with Gasteiger partial charge in [0.2, 0.25) is 0 Å². The molecule has 280 valence electrons. The average molecular weight is 757 g/mol. The Morgan fingerprint density at radius 2 is 1.07 bits per heavy atom. The number of benzene rings is 8. The fourth-order valence-electron chi connectivity index (χ4n) is 8.75. The Bertz CT molecular complexity index is 3250. The van der Waals surface area contributed by atoms with Gasteiger partial charge in [0.05, 0.1) is 33.5 Å². The lowest BCUT2D eigenvalue weighted by Crippen LogP contribution is -2.10. The van der Waals surface area contributed by atoms with E-state index in [0.717, 1.165) is 68.2 Å². The molecule has 0 aliphatic heterocycles. The van der Waals surface area contributed by atoms with Crippen molar-refractivity contribution in [3.05, 3.63) is 212 Å². The lowest BCUT2D eigenvalue weighted by atomic mass is 9.94. The van der Waals surface area contributed by atoms with Crippen LogP contribution in [0.4, 0.5) is 17.1 Å². The summed E-state index contributed by atoms with van der Waals surface area (Å²) in [7, 11) is 0. The maximum atomic E-state index is 5.22. The van der Waals surface area contributed by atoms with Crippen LogP contribution in [0.1, 0.15) is 19.0 Å². The summed E-state index contributed by atoms with van der Waals surface area (Å²) in [5.74, 6) is 0.447. The minimum absolute atomic E-state index is 0.447. The van der Waals surface area contributed by atoms with Gasteiger partial charge in [0.15, 0.2) is 0 Å². The van der Waals surface area contributed by atoms with Crippen LogP contribution in [0.3, 0.4) is 0 Å². The Labute approximate surface area is 343 Å². The number of hydrogen-bond acceptors (Lipinski definition) is 3. The summed E-state index contributed by atoms with van der Waals surface area (Å²) >= 11 is 0. The standard InChI is InChI=1S/C55H40N4/c1-37-13-12-16-43(33-37)55-54(56-50-21-10-11-22-51(50)57-55)39-25-28-46(29-26-39)58(44-17-4-2-5-18-44)47-30-32-53-49(36-47)48-35-42(41-24-23-38-14-8-9-15-40(38)34-41)27-31-52(48)59(53)45-19-6-3-7-20-45/h2-12,14-37H,13H2,1H3. The lowest BCUT2D eigenvalue weighted by molar-refractivity contribution is 0.739. The van der Waals surface area contributed by atoms with Gasteiger partial charge in [0, 0.05) is 39.1 Å². The molecular formula is C55H40N4. The Morgan fingerprint density at radius 3 is 1.83 bits per heavy atom. The maximum absolute atomic E-state index is 5.22. The number of aromatic nitrogens is 3. The van der Waals surface area contributed by atoms with Gasteiger partial charge in [-0.2, -0.15) is 0 Å². The molecule has 1 unspecified atom stereocenters. The van der Waals surface area contributed by atoms with Crippen LogP contribution in [0.25, 0.3) is 77.3 Å². The average Bonchev–Trinajstić information content (AvgIpc) is 3.62. The predicted molar refractivity (Wildman–Crippen MR) is 248 cm³/mol. The fraction of sp³-hybridized carbons (Fsp3) is 0.0545. The molecule has 0 fully saturated rings. The minimum Gasteiger partial charge on any atom is -0.310 e. The number of nitrogens with zero attached hydrogens (tertiary/aromatic N) is 4. The van der Waals surface area contributed by atoms with Crippen LogP contribution in [0, 0.1) is 5.92 Å². The van der Waals surface area contributed by atoms with Crippen LogP contribution >= 0.6 is 0 Å². The lowest BCUT2D eigenvalue weighted by Gasteiger charge is -2.26. The smallest absolute Gasteiger partial charge is 0.0972 e. The Morgan fingerprint density at radius 1 is 0.492 bits per heavy atom. The third-order valence-corrected chi connectivity index (χ3v) is 11.6. The normalized spacial score (nSPS) is 14.0. The molecule has 1 aliphatic rings. The largest absolute Gasteiger partial charge is 0.310 e. The molecule has 4 heteroatoms. The highest BCUT2D eigenvalue weighted by Crippen LogP contribution is 2.42. The molecule has 0 saturated carbocycles. The second-order valence-electron chi connectivity index (χ2n) is 15.5. The summed E-state index contributed by atoms with van der Waals surface area (Å²) in [4.78, 5) is 12.8. The predicted octanol–water partition coefficient (Wildman–Crippen LogP) is 14.7. The van der Waals surface area contributed by atoms with E-state index in [4.69, 9.17) is 9.97 Å². The van der Waals surface area contributed by atoms with E-state index in [0.29, 0.717) is 5.92 Å². The summed E-state index contributed by atoms with van der Waals surface area (Å²) in [6, 6.07) is 67.4. The first kappa shape index (κ1) is 34.7. The van der Waals surface area contributed by atoms with E-state index in [-0.39, 0.29) is 0 Å². The highest BCUT2D eigenvalue weighted by Gasteiger charge is 2.20. The van der Waals surface area contributed by atoms with Crippen LogP contribution in [-0.2, 0) is 0 Å². The molecule has 8 aromatic carbocycles. The van der Waals surface area contributed by atoms with Crippen molar-refractivity contribution in [3.63, 3.8) is 0 Å². The zero-order chi connectivity index (χ0) is 39.3. The number of hydrogen-bond donors (Lipinski definition) is 0. The molecule has 2 aromatic heterocycles. The van der Waals surface area contributed by atoms with Crippen molar-refractivity contribution in [2.24, 2.45) is 5.92 Å². The number of allylic oxidation sites excluding steroid dienone is 4. The topological polar surface area (TPSA) is 34.0 Å². The molecular weight excluding hydrogens is 717 g/mol.